The third kappa shape index (κ3) is 11.7. The topological polar surface area (TPSA) is 281 Å². The second-order valence-electron chi connectivity index (χ2n) is 13.2. The molecule has 0 radical (unpaired) electrons. The Morgan fingerprint density at radius 3 is 1.30 bits per heavy atom. The summed E-state index contributed by atoms with van der Waals surface area (Å²) in [5.74, 6) is -11.4. The van der Waals surface area contributed by atoms with Gasteiger partial charge in [-0.15, -0.1) is 0 Å². The van der Waals surface area contributed by atoms with Crippen molar-refractivity contribution in [3.63, 3.8) is 0 Å². The molecule has 2 fully saturated rings. The smallest absolute Gasteiger partial charge is 0.308 e. The number of carbonyl (C=O) groups excluding carboxylic acids is 10. The van der Waals surface area contributed by atoms with Crippen LogP contribution in [0.5, 0.6) is 0 Å². The predicted octanol–water partition coefficient (Wildman–Crippen LogP) is 0.477. The summed E-state index contributed by atoms with van der Waals surface area (Å²) in [6.07, 6.45) is -18.1. The highest BCUT2D eigenvalue weighted by Gasteiger charge is 2.58. The first-order valence-corrected chi connectivity index (χ1v) is 18.0. The molecular formula is C38H42O22. The molecule has 60 heavy (non-hydrogen) atoms. The van der Waals surface area contributed by atoms with E-state index >= 15 is 0 Å². The molecule has 0 unspecified atom stereocenters. The summed E-state index contributed by atoms with van der Waals surface area (Å²) in [5.41, 5.74) is -0.317. The van der Waals surface area contributed by atoms with Crippen molar-refractivity contribution in [2.24, 2.45) is 0 Å². The summed E-state index contributed by atoms with van der Waals surface area (Å²) in [6, 6.07) is 5.49. The fourth-order valence-corrected chi connectivity index (χ4v) is 6.36. The van der Waals surface area contributed by atoms with Gasteiger partial charge in [-0.1, -0.05) is 24.3 Å². The van der Waals surface area contributed by atoms with E-state index < -0.39 is 145 Å². The second kappa shape index (κ2) is 20.1. The van der Waals surface area contributed by atoms with Crippen LogP contribution in [-0.2, 0) is 95.2 Å². The Morgan fingerprint density at radius 2 is 0.850 bits per heavy atom. The molecule has 1 aliphatic carbocycles. The van der Waals surface area contributed by atoms with E-state index in [0.717, 1.165) is 55.4 Å². The van der Waals surface area contributed by atoms with Crippen molar-refractivity contribution in [3.05, 3.63) is 46.9 Å². The number of fused-ring (bicyclic) bond motifs is 1. The molecule has 0 amide bonds. The maximum absolute atomic E-state index is 13.9. The molecule has 0 spiro atoms. The van der Waals surface area contributed by atoms with E-state index in [2.05, 4.69) is 0 Å². The SMILES string of the molecule is CC(=O)OC[C@H]1O[C@H](O[C@H]2[C@H](OC(C)=O)[C@@H](OC(C)=O)[C@H](OC3=C(OC(C)=O)C(=O)c4ccccc4C3=O)O[C@@H]2COC(C)=O)[C@H](OC(C)=O)[C@@H](OC(C)=O)[C@@H]1OC(C)=O. The quantitative estimate of drug-likeness (QED) is 0.182. The largest absolute Gasteiger partial charge is 0.463 e. The van der Waals surface area contributed by atoms with Crippen molar-refractivity contribution in [1.82, 2.24) is 0 Å². The molecule has 2 aliphatic heterocycles. The van der Waals surface area contributed by atoms with E-state index in [9.17, 15) is 47.9 Å². The van der Waals surface area contributed by atoms with Crippen molar-refractivity contribution in [3.8, 4) is 0 Å². The minimum Gasteiger partial charge on any atom is -0.463 e. The minimum absolute atomic E-state index is 0.143. The van der Waals surface area contributed by atoms with Gasteiger partial charge in [-0.3, -0.25) is 47.9 Å². The lowest BCUT2D eigenvalue weighted by atomic mass is 9.92. The first-order chi connectivity index (χ1) is 28.2. The highest BCUT2D eigenvalue weighted by molar-refractivity contribution is 6.25. The number of hydrogen-bond donors (Lipinski definition) is 0. The van der Waals surface area contributed by atoms with Crippen LogP contribution in [0.15, 0.2) is 35.8 Å². The molecule has 22 nitrogen and oxygen atoms in total. The van der Waals surface area contributed by atoms with Crippen LogP contribution in [0.4, 0.5) is 0 Å². The van der Waals surface area contributed by atoms with E-state index in [1.807, 2.05) is 0 Å². The van der Waals surface area contributed by atoms with Gasteiger partial charge in [0.1, 0.15) is 31.5 Å². The van der Waals surface area contributed by atoms with Gasteiger partial charge < -0.3 is 56.8 Å². The zero-order valence-corrected chi connectivity index (χ0v) is 33.5. The fourth-order valence-electron chi connectivity index (χ4n) is 6.36. The average molecular weight is 851 g/mol. The second-order valence-corrected chi connectivity index (χ2v) is 13.2. The van der Waals surface area contributed by atoms with Crippen molar-refractivity contribution >= 4 is 59.3 Å². The third-order valence-corrected chi connectivity index (χ3v) is 8.40. The molecular weight excluding hydrogens is 808 g/mol. The average Bonchev–Trinajstić information content (AvgIpc) is 3.13. The molecule has 0 N–H and O–H groups in total. The number of carbonyl (C=O) groups is 10. The number of esters is 8. The highest BCUT2D eigenvalue weighted by Crippen LogP contribution is 2.38. The maximum atomic E-state index is 13.9. The molecule has 326 valence electrons. The van der Waals surface area contributed by atoms with Crippen LogP contribution >= 0.6 is 0 Å². The first kappa shape index (κ1) is 46.4. The van der Waals surface area contributed by atoms with Crippen molar-refractivity contribution in [2.45, 2.75) is 117 Å². The molecule has 2 saturated heterocycles. The normalized spacial score (nSPS) is 27.3. The molecule has 1 aromatic rings. The van der Waals surface area contributed by atoms with Gasteiger partial charge in [0.2, 0.25) is 35.5 Å². The van der Waals surface area contributed by atoms with Crippen LogP contribution < -0.4 is 0 Å². The predicted molar refractivity (Wildman–Crippen MR) is 188 cm³/mol. The lowest BCUT2D eigenvalue weighted by molar-refractivity contribution is -0.358. The number of benzene rings is 1. The van der Waals surface area contributed by atoms with Crippen LogP contribution in [0.3, 0.4) is 0 Å². The monoisotopic (exact) mass is 850 g/mol. The van der Waals surface area contributed by atoms with Gasteiger partial charge in [-0.25, -0.2) is 0 Å². The highest BCUT2D eigenvalue weighted by atomic mass is 16.8. The molecule has 3 aliphatic rings. The fraction of sp³-hybridized carbons (Fsp3) is 0.526. The maximum Gasteiger partial charge on any atom is 0.308 e. The molecule has 0 aromatic heterocycles. The Balaban J connectivity index is 1.89. The Bertz CT molecular complexity index is 1930. The van der Waals surface area contributed by atoms with Crippen LogP contribution in [-0.4, -0.2) is 134 Å². The summed E-state index contributed by atoms with van der Waals surface area (Å²) in [7, 11) is 0. The Kier molecular flexibility index (Phi) is 15.6. The van der Waals surface area contributed by atoms with Gasteiger partial charge in [0.25, 0.3) is 0 Å². The number of ether oxygens (including phenoxy) is 12. The first-order valence-electron chi connectivity index (χ1n) is 18.0. The minimum atomic E-state index is -2.06. The van der Waals surface area contributed by atoms with E-state index in [4.69, 9.17) is 56.8 Å². The number of hydrogen-bond acceptors (Lipinski definition) is 22. The van der Waals surface area contributed by atoms with E-state index in [1.165, 1.54) is 24.3 Å². The third-order valence-electron chi connectivity index (χ3n) is 8.40. The number of allylic oxidation sites excluding steroid dienone is 2. The molecule has 2 heterocycles. The molecule has 22 heteroatoms. The van der Waals surface area contributed by atoms with Gasteiger partial charge in [0.15, 0.2) is 30.7 Å². The summed E-state index contributed by atoms with van der Waals surface area (Å²) in [6.45, 7) is 6.44. The standard InChI is InChI=1S/C38H42O22/c1-15(39)49-13-25-29(51-17(3)41)33(53-19(5)43)35(55-21(7)45)37(57-25)59-30-26(14-50-16(2)40)58-38(36(56-22(8)46)34(30)54-20(6)44)60-32-28(48)24-12-10-9-11-23(24)27(47)31(32)52-18(4)42/h9-12,25-26,29-30,33-38H,13-14H2,1-8H3/t25-,26-,29-,30-,33+,34+,35-,36-,37-,38+/m1/s1. The van der Waals surface area contributed by atoms with Crippen molar-refractivity contribution in [1.29, 1.82) is 0 Å². The number of ketones is 2. The van der Waals surface area contributed by atoms with Crippen LogP contribution in [0.1, 0.15) is 76.1 Å². The van der Waals surface area contributed by atoms with E-state index in [1.54, 1.807) is 0 Å². The summed E-state index contributed by atoms with van der Waals surface area (Å²) in [4.78, 5) is 126. The van der Waals surface area contributed by atoms with Crippen LogP contribution in [0.25, 0.3) is 0 Å². The molecule has 4 rings (SSSR count). The number of Topliss-reactive ketones (excluding diaryl/α,β-unsaturated/α-hetero) is 2. The van der Waals surface area contributed by atoms with Crippen molar-refractivity contribution < 1.29 is 105 Å². The van der Waals surface area contributed by atoms with Gasteiger partial charge in [0, 0.05) is 66.5 Å². The van der Waals surface area contributed by atoms with Gasteiger partial charge in [-0.2, -0.15) is 0 Å². The summed E-state index contributed by atoms with van der Waals surface area (Å²) < 4.78 is 67.3. The molecule has 10 atom stereocenters. The Morgan fingerprint density at radius 1 is 0.467 bits per heavy atom. The van der Waals surface area contributed by atoms with E-state index in [-0.39, 0.29) is 11.1 Å². The Labute approximate surface area is 340 Å². The zero-order valence-electron chi connectivity index (χ0n) is 33.5. The summed E-state index contributed by atoms with van der Waals surface area (Å²) in [5, 5.41) is 0. The molecule has 1 aromatic carbocycles. The van der Waals surface area contributed by atoms with E-state index in [0.29, 0.717) is 0 Å². The molecule has 0 saturated carbocycles. The van der Waals surface area contributed by atoms with Gasteiger partial charge in [0.05, 0.1) is 0 Å². The van der Waals surface area contributed by atoms with Gasteiger partial charge >= 0.3 is 47.8 Å². The lowest BCUT2D eigenvalue weighted by Gasteiger charge is -2.48. The Hall–Kier alpha value is -6.26. The van der Waals surface area contributed by atoms with Crippen molar-refractivity contribution in [2.75, 3.05) is 13.2 Å². The molecule has 0 bridgehead atoms. The summed E-state index contributed by atoms with van der Waals surface area (Å²) >= 11 is 0. The van der Waals surface area contributed by atoms with Gasteiger partial charge in [-0.05, 0) is 0 Å². The van der Waals surface area contributed by atoms with Crippen LogP contribution in [0.2, 0.25) is 0 Å². The van der Waals surface area contributed by atoms with Crippen LogP contribution in [0, 0.1) is 0 Å². The zero-order chi connectivity index (χ0) is 44.6. The number of rotatable bonds is 14. The lowest BCUT2D eigenvalue weighted by Crippen LogP contribution is -2.67.